The molecule has 3 saturated heterocycles. The molecule has 2 bridgehead atoms. The molecule has 6 aromatic rings. The minimum absolute atomic E-state index is 0.0356. The summed E-state index contributed by atoms with van der Waals surface area (Å²) in [7, 11) is 0. The second-order valence-electron chi connectivity index (χ2n) is 17.9. The number of fused-ring (bicyclic) bond motifs is 2. The minimum atomic E-state index is -0.846. The van der Waals surface area contributed by atoms with Crippen LogP contribution in [0.2, 0.25) is 0 Å². The number of hydrogen-bond acceptors (Lipinski definition) is 16. The molecule has 2 unspecified atom stereocenters. The quantitative estimate of drug-likeness (QED) is 0.0759. The van der Waals surface area contributed by atoms with Gasteiger partial charge in [-0.3, -0.25) is 9.59 Å². The van der Waals surface area contributed by atoms with E-state index >= 15 is 0 Å². The summed E-state index contributed by atoms with van der Waals surface area (Å²) < 4.78 is 17.7. The highest BCUT2D eigenvalue weighted by molar-refractivity contribution is 7.13. The molecule has 0 saturated carbocycles. The molecular formula is C49H56N10O7S. The van der Waals surface area contributed by atoms with Crippen molar-refractivity contribution in [2.24, 2.45) is 5.92 Å². The number of amides is 2. The number of phenols is 1. The Bertz CT molecular complexity index is 2680. The molecule has 6 atom stereocenters. The maximum atomic E-state index is 14.2. The molecule has 67 heavy (non-hydrogen) atoms. The summed E-state index contributed by atoms with van der Waals surface area (Å²) in [6, 6.07) is 21.9. The summed E-state index contributed by atoms with van der Waals surface area (Å²) in [5.41, 5.74) is 14.2. The summed E-state index contributed by atoms with van der Waals surface area (Å²) in [6.45, 7) is 9.86. The number of rotatable bonds is 16. The van der Waals surface area contributed by atoms with E-state index in [1.54, 1.807) is 35.7 Å². The number of pyridine rings is 1. The number of piperazine rings is 1. The zero-order valence-electron chi connectivity index (χ0n) is 38.0. The maximum absolute atomic E-state index is 14.2. The first-order valence-electron chi connectivity index (χ1n) is 22.8. The number of hydrogen-bond donors (Lipinski definition) is 4. The minimum Gasteiger partial charge on any atom is -0.507 e. The van der Waals surface area contributed by atoms with Gasteiger partial charge in [0.2, 0.25) is 17.7 Å². The van der Waals surface area contributed by atoms with Gasteiger partial charge in [0.15, 0.2) is 11.6 Å². The van der Waals surface area contributed by atoms with Gasteiger partial charge in [0.05, 0.1) is 52.8 Å². The monoisotopic (exact) mass is 928 g/mol. The van der Waals surface area contributed by atoms with Gasteiger partial charge in [-0.15, -0.1) is 21.5 Å². The highest BCUT2D eigenvalue weighted by Crippen LogP contribution is 2.40. The number of carbonyl (C=O) groups is 2. The molecule has 0 spiro atoms. The van der Waals surface area contributed by atoms with Crippen LogP contribution in [0.3, 0.4) is 0 Å². The number of para-hydroxylation sites is 1. The zero-order valence-corrected chi connectivity index (χ0v) is 38.8. The van der Waals surface area contributed by atoms with E-state index in [4.69, 9.17) is 19.7 Å². The van der Waals surface area contributed by atoms with Crippen molar-refractivity contribution in [1.29, 1.82) is 0 Å². The topological polar surface area (TPSA) is 218 Å². The molecule has 17 nitrogen and oxygen atoms in total. The van der Waals surface area contributed by atoms with Crippen molar-refractivity contribution < 1.29 is 33.8 Å². The average molecular weight is 929 g/mol. The molecule has 7 heterocycles. The van der Waals surface area contributed by atoms with E-state index in [-0.39, 0.29) is 67.1 Å². The second kappa shape index (κ2) is 19.6. The van der Waals surface area contributed by atoms with Gasteiger partial charge in [-0.1, -0.05) is 50.2 Å². The number of β-amino-alcohol motifs (C(OH)–C–C–N with tert-alkyl or cyclic N) is 1. The largest absolute Gasteiger partial charge is 0.507 e. The van der Waals surface area contributed by atoms with Crippen LogP contribution in [0.25, 0.3) is 21.7 Å². The Labute approximate surface area is 392 Å². The lowest BCUT2D eigenvalue weighted by molar-refractivity contribution is -0.141. The van der Waals surface area contributed by atoms with Crippen LogP contribution in [-0.2, 0) is 9.59 Å². The molecule has 5 N–H and O–H groups in total. The number of aliphatic hydroxyl groups excluding tert-OH is 1. The zero-order chi connectivity index (χ0) is 46.8. The lowest BCUT2D eigenvalue weighted by atomic mass is 9.91. The van der Waals surface area contributed by atoms with Crippen molar-refractivity contribution in [2.45, 2.75) is 89.6 Å². The highest BCUT2D eigenvalue weighted by atomic mass is 32.1. The number of anilines is 3. The molecule has 4 aromatic heterocycles. The number of ether oxygens (including phenoxy) is 2. The van der Waals surface area contributed by atoms with Crippen LogP contribution >= 0.6 is 11.3 Å². The van der Waals surface area contributed by atoms with E-state index in [1.807, 2.05) is 87.8 Å². The van der Waals surface area contributed by atoms with Gasteiger partial charge in [-0.05, 0) is 73.2 Å². The Morgan fingerprint density at radius 3 is 2.40 bits per heavy atom. The Morgan fingerprint density at radius 2 is 1.69 bits per heavy atom. The number of carbonyl (C=O) groups excluding carboxylic acids is 2. The van der Waals surface area contributed by atoms with Crippen LogP contribution in [0, 0.1) is 12.8 Å². The number of aliphatic hydroxyl groups is 1. The summed E-state index contributed by atoms with van der Waals surface area (Å²) in [4.78, 5) is 44.0. The van der Waals surface area contributed by atoms with E-state index in [0.717, 1.165) is 59.0 Å². The molecule has 3 aliphatic heterocycles. The fraction of sp³-hybridized carbons (Fsp3) is 0.408. The number of nitrogen functional groups attached to an aromatic ring is 1. The Kier molecular flexibility index (Phi) is 13.3. The lowest BCUT2D eigenvalue weighted by Gasteiger charge is -2.43. The van der Waals surface area contributed by atoms with Crippen LogP contribution in [0.4, 0.5) is 17.2 Å². The normalized spacial score (nSPS) is 20.0. The fourth-order valence-corrected chi connectivity index (χ4v) is 10.5. The Morgan fingerprint density at radius 1 is 0.940 bits per heavy atom. The second-order valence-corrected chi connectivity index (χ2v) is 18.8. The average Bonchev–Trinajstić information content (AvgIpc) is 4.12. The fourth-order valence-electron chi connectivity index (χ4n) is 9.64. The van der Waals surface area contributed by atoms with Crippen molar-refractivity contribution in [3.8, 4) is 39.2 Å². The van der Waals surface area contributed by atoms with Gasteiger partial charge in [0, 0.05) is 74.1 Å². The van der Waals surface area contributed by atoms with Crippen LogP contribution in [0.1, 0.15) is 75.4 Å². The molecule has 2 aromatic carbocycles. The van der Waals surface area contributed by atoms with Crippen LogP contribution in [-0.4, -0.2) is 109 Å². The first-order valence-corrected chi connectivity index (χ1v) is 23.7. The predicted octanol–water partition coefficient (Wildman–Crippen LogP) is 6.53. The van der Waals surface area contributed by atoms with E-state index in [1.165, 1.54) is 4.90 Å². The molecule has 3 fully saturated rings. The molecule has 0 aliphatic carbocycles. The third-order valence-electron chi connectivity index (χ3n) is 13.0. The van der Waals surface area contributed by atoms with Crippen molar-refractivity contribution >= 4 is 40.3 Å². The summed E-state index contributed by atoms with van der Waals surface area (Å²) in [6.07, 6.45) is 3.65. The first-order chi connectivity index (χ1) is 32.4. The molecule has 9 rings (SSSR count). The van der Waals surface area contributed by atoms with Gasteiger partial charge in [-0.2, -0.15) is 0 Å². The van der Waals surface area contributed by atoms with Gasteiger partial charge in [-0.25, -0.2) is 9.97 Å². The SMILES string of the molecule is Cc1ncsc1-c1ccc([C@H](C)NC(=O)[C@@H]2C[C@@H](O)CN2C(=O)[C@@H](c2cc(OCCCOc3cc(N4C5CCC4CN(c4cc(-c6ccccc6O)nnc4N)C5)ccn3)no2)C(C)C)cc1. The van der Waals surface area contributed by atoms with Crippen molar-refractivity contribution in [3.05, 3.63) is 102 Å². The number of likely N-dealkylation sites (tertiary alicyclic amines) is 1. The number of aromatic nitrogens is 5. The van der Waals surface area contributed by atoms with Gasteiger partial charge < -0.3 is 50.0 Å². The molecule has 2 amide bonds. The Hall–Kier alpha value is -6.79. The lowest BCUT2D eigenvalue weighted by Crippen LogP contribution is -2.54. The van der Waals surface area contributed by atoms with Crippen molar-refractivity contribution in [2.75, 3.05) is 48.4 Å². The van der Waals surface area contributed by atoms with Crippen molar-refractivity contribution in [3.63, 3.8) is 0 Å². The third kappa shape index (κ3) is 9.72. The van der Waals surface area contributed by atoms with Crippen LogP contribution in [0.15, 0.2) is 89.0 Å². The van der Waals surface area contributed by atoms with E-state index in [9.17, 15) is 19.8 Å². The molecule has 350 valence electrons. The van der Waals surface area contributed by atoms with Crippen LogP contribution < -0.4 is 30.3 Å². The van der Waals surface area contributed by atoms with E-state index in [0.29, 0.717) is 41.7 Å². The standard InChI is InChI=1S/C49H56N10O7S/c1-28(2)45(49(63)58-26-36(60)21-40(58)48(62)53-29(3)31-10-12-32(13-11-31)46-30(4)52-27-67-46)42-23-44(56-66-42)65-19-7-18-64-43-20-33(16-17-51-43)59-34-14-15-35(59)25-57(24-34)39-22-38(54-55-47(39)50)37-8-5-6-9-41(37)61/h5-6,8-13,16-17,20,22-23,27-29,34-36,40,45,60-61H,7,14-15,18-19,21,24-26H2,1-4H3,(H2,50,55)(H,53,62)/t29-,34?,35?,36+,40-,45+/m0/s1. The molecule has 3 aliphatic rings. The summed E-state index contributed by atoms with van der Waals surface area (Å²) >= 11 is 1.58. The molecule has 18 heteroatoms. The van der Waals surface area contributed by atoms with Crippen molar-refractivity contribution in [1.82, 2.24) is 35.5 Å². The first kappa shape index (κ1) is 45.4. The van der Waals surface area contributed by atoms with Gasteiger partial charge in [0.25, 0.3) is 5.88 Å². The Balaban J connectivity index is 0.761. The predicted molar refractivity (Wildman–Crippen MR) is 254 cm³/mol. The number of nitrogens with one attached hydrogen (secondary N) is 1. The molecular weight excluding hydrogens is 873 g/mol. The van der Waals surface area contributed by atoms with E-state index in [2.05, 4.69) is 40.4 Å². The van der Waals surface area contributed by atoms with E-state index < -0.39 is 18.1 Å². The van der Waals surface area contributed by atoms with Gasteiger partial charge >= 0.3 is 0 Å². The number of phenolic OH excluding ortho intramolecular Hbond substituents is 1. The maximum Gasteiger partial charge on any atom is 0.254 e. The number of thiazole rings is 1. The summed E-state index contributed by atoms with van der Waals surface area (Å²) in [5.74, 6) is -0.0240. The van der Waals surface area contributed by atoms with Crippen LogP contribution in [0.5, 0.6) is 17.5 Å². The number of benzene rings is 2. The number of nitrogens with zero attached hydrogens (tertiary/aromatic N) is 8. The van der Waals surface area contributed by atoms with Gasteiger partial charge in [0.1, 0.15) is 17.7 Å². The number of nitrogens with two attached hydrogens (primary N) is 1. The number of aryl methyl sites for hydroxylation is 1. The highest BCUT2D eigenvalue weighted by Gasteiger charge is 2.44. The smallest absolute Gasteiger partial charge is 0.254 e. The summed E-state index contributed by atoms with van der Waals surface area (Å²) in [5, 5.41) is 36.8. The molecule has 0 radical (unpaired) electrons. The third-order valence-corrected chi connectivity index (χ3v) is 14.0. The number of aromatic hydroxyl groups is 1.